The molecule has 0 heterocycles. The van der Waals surface area contributed by atoms with Gasteiger partial charge in [0.2, 0.25) is 0 Å². The van der Waals surface area contributed by atoms with Crippen LogP contribution in [0.4, 0.5) is 5.69 Å². The Morgan fingerprint density at radius 3 is 2.39 bits per heavy atom. The first-order chi connectivity index (χ1) is 8.67. The second-order valence-corrected chi connectivity index (χ2v) is 5.90. The lowest BCUT2D eigenvalue weighted by Gasteiger charge is -2.40. The Morgan fingerprint density at radius 2 is 1.89 bits per heavy atom. The third kappa shape index (κ3) is 3.18. The van der Waals surface area contributed by atoms with Crippen LogP contribution >= 0.6 is 11.6 Å². The van der Waals surface area contributed by atoms with Gasteiger partial charge in [0.15, 0.2) is 0 Å². The summed E-state index contributed by atoms with van der Waals surface area (Å²) in [7, 11) is 0. The van der Waals surface area contributed by atoms with Crippen LogP contribution in [0.25, 0.3) is 0 Å². The molecule has 18 heavy (non-hydrogen) atoms. The van der Waals surface area contributed by atoms with Gasteiger partial charge >= 0.3 is 0 Å². The number of hydrogen-bond donors (Lipinski definition) is 2. The van der Waals surface area contributed by atoms with Gasteiger partial charge in [-0.2, -0.15) is 0 Å². The van der Waals surface area contributed by atoms with Crippen molar-refractivity contribution in [1.82, 2.24) is 0 Å². The van der Waals surface area contributed by atoms with Gasteiger partial charge in [-0.05, 0) is 55.9 Å². The zero-order valence-electron chi connectivity index (χ0n) is 11.1. The van der Waals surface area contributed by atoms with Gasteiger partial charge in [-0.25, -0.2) is 0 Å². The maximum absolute atomic E-state index is 6.01. The van der Waals surface area contributed by atoms with Gasteiger partial charge in [-0.1, -0.05) is 24.9 Å². The summed E-state index contributed by atoms with van der Waals surface area (Å²) in [5, 5.41) is 4.41. The molecule has 2 nitrogen and oxygen atoms in total. The van der Waals surface area contributed by atoms with Crippen molar-refractivity contribution in [2.45, 2.75) is 44.6 Å². The third-order valence-corrected chi connectivity index (χ3v) is 4.54. The van der Waals surface area contributed by atoms with Crippen LogP contribution in [0.1, 0.15) is 39.0 Å². The van der Waals surface area contributed by atoms with Crippen molar-refractivity contribution >= 4 is 17.3 Å². The summed E-state index contributed by atoms with van der Waals surface area (Å²) < 4.78 is 0. The highest BCUT2D eigenvalue weighted by Crippen LogP contribution is 2.35. The van der Waals surface area contributed by atoms with Crippen molar-refractivity contribution in [3.8, 4) is 0 Å². The first kappa shape index (κ1) is 13.7. The third-order valence-electron chi connectivity index (χ3n) is 4.28. The van der Waals surface area contributed by atoms with E-state index in [0.29, 0.717) is 6.54 Å². The molecule has 0 atom stereocenters. The fourth-order valence-electron chi connectivity index (χ4n) is 2.86. The van der Waals surface area contributed by atoms with Crippen molar-refractivity contribution in [3.05, 3.63) is 29.3 Å². The minimum atomic E-state index is 0.0828. The van der Waals surface area contributed by atoms with Crippen molar-refractivity contribution in [2.75, 3.05) is 11.9 Å². The summed E-state index contributed by atoms with van der Waals surface area (Å²) in [6.07, 6.45) is 6.21. The van der Waals surface area contributed by atoms with E-state index in [2.05, 4.69) is 12.2 Å². The van der Waals surface area contributed by atoms with E-state index in [-0.39, 0.29) is 5.54 Å². The second-order valence-electron chi connectivity index (χ2n) is 5.47. The molecule has 100 valence electrons. The Kier molecular flexibility index (Phi) is 4.52. The molecule has 1 aromatic carbocycles. The molecular formula is C15H23ClN2. The molecule has 0 bridgehead atoms. The first-order valence-corrected chi connectivity index (χ1v) is 7.29. The Bertz CT molecular complexity index is 367. The molecule has 0 radical (unpaired) electrons. The van der Waals surface area contributed by atoms with Crippen LogP contribution in [-0.2, 0) is 0 Å². The molecule has 0 saturated heterocycles. The van der Waals surface area contributed by atoms with Crippen molar-refractivity contribution < 1.29 is 0 Å². The van der Waals surface area contributed by atoms with E-state index in [9.17, 15) is 0 Å². The molecule has 0 aliphatic heterocycles. The van der Waals surface area contributed by atoms with Gasteiger partial charge in [0.05, 0.1) is 0 Å². The average Bonchev–Trinajstić information content (AvgIpc) is 2.42. The number of halogens is 1. The first-order valence-electron chi connectivity index (χ1n) is 6.91. The summed E-state index contributed by atoms with van der Waals surface area (Å²) in [6, 6.07) is 7.91. The quantitative estimate of drug-likeness (QED) is 0.863. The predicted molar refractivity (Wildman–Crippen MR) is 79.1 cm³/mol. The Labute approximate surface area is 115 Å². The number of rotatable bonds is 4. The minimum absolute atomic E-state index is 0.0828. The molecule has 1 aliphatic carbocycles. The van der Waals surface area contributed by atoms with E-state index in [1.807, 2.05) is 24.3 Å². The molecule has 0 aromatic heterocycles. The fourth-order valence-corrected chi connectivity index (χ4v) is 2.98. The molecule has 2 rings (SSSR count). The van der Waals surface area contributed by atoms with Crippen LogP contribution < -0.4 is 11.1 Å². The van der Waals surface area contributed by atoms with Gasteiger partial charge in [-0.3, -0.25) is 0 Å². The highest BCUT2D eigenvalue weighted by atomic mass is 35.5. The summed E-state index contributed by atoms with van der Waals surface area (Å²) in [4.78, 5) is 0. The molecule has 1 saturated carbocycles. The SMILES string of the molecule is CCC1CCC(CN)(Nc2ccc(Cl)cc2)CC1. The molecule has 1 fully saturated rings. The van der Waals surface area contributed by atoms with E-state index >= 15 is 0 Å². The Morgan fingerprint density at radius 1 is 1.28 bits per heavy atom. The normalized spacial score (nSPS) is 28.1. The fraction of sp³-hybridized carbons (Fsp3) is 0.600. The lowest BCUT2D eigenvalue weighted by atomic mass is 9.75. The van der Waals surface area contributed by atoms with E-state index in [1.165, 1.54) is 32.1 Å². The van der Waals surface area contributed by atoms with Gasteiger partial charge < -0.3 is 11.1 Å². The van der Waals surface area contributed by atoms with Crippen molar-refractivity contribution in [2.24, 2.45) is 11.7 Å². The van der Waals surface area contributed by atoms with Crippen LogP contribution in [-0.4, -0.2) is 12.1 Å². The molecule has 0 spiro atoms. The molecule has 1 aromatic rings. The zero-order chi connectivity index (χ0) is 13.0. The molecule has 3 heteroatoms. The minimum Gasteiger partial charge on any atom is -0.378 e. The van der Waals surface area contributed by atoms with Crippen LogP contribution in [0.2, 0.25) is 5.02 Å². The van der Waals surface area contributed by atoms with Crippen LogP contribution in [0.3, 0.4) is 0 Å². The number of hydrogen-bond acceptors (Lipinski definition) is 2. The number of nitrogens with one attached hydrogen (secondary N) is 1. The lowest BCUT2D eigenvalue weighted by Crippen LogP contribution is -2.48. The number of anilines is 1. The standard InChI is InChI=1S/C15H23ClN2/c1-2-12-7-9-15(11-17,10-8-12)18-14-5-3-13(16)4-6-14/h3-6,12,18H,2,7-11,17H2,1H3. The van der Waals surface area contributed by atoms with Crippen molar-refractivity contribution in [3.63, 3.8) is 0 Å². The van der Waals surface area contributed by atoms with Crippen molar-refractivity contribution in [1.29, 1.82) is 0 Å². The second kappa shape index (κ2) is 5.94. The van der Waals surface area contributed by atoms with Crippen LogP contribution in [0.5, 0.6) is 0 Å². The van der Waals surface area contributed by atoms with E-state index in [4.69, 9.17) is 17.3 Å². The molecule has 0 unspecified atom stereocenters. The highest BCUT2D eigenvalue weighted by Gasteiger charge is 2.33. The summed E-state index contributed by atoms with van der Waals surface area (Å²) in [6.45, 7) is 2.98. The average molecular weight is 267 g/mol. The van der Waals surface area contributed by atoms with Crippen LogP contribution in [0.15, 0.2) is 24.3 Å². The summed E-state index contributed by atoms with van der Waals surface area (Å²) in [5.41, 5.74) is 7.22. The largest absolute Gasteiger partial charge is 0.378 e. The molecular weight excluding hydrogens is 244 g/mol. The van der Waals surface area contributed by atoms with Gasteiger partial charge in [-0.15, -0.1) is 0 Å². The predicted octanol–water partition coefficient (Wildman–Crippen LogP) is 4.05. The topological polar surface area (TPSA) is 38.0 Å². The Hall–Kier alpha value is -0.730. The smallest absolute Gasteiger partial charge is 0.0495 e. The van der Waals surface area contributed by atoms with Gasteiger partial charge in [0.1, 0.15) is 0 Å². The highest BCUT2D eigenvalue weighted by molar-refractivity contribution is 6.30. The Balaban J connectivity index is 2.03. The maximum Gasteiger partial charge on any atom is 0.0495 e. The lowest BCUT2D eigenvalue weighted by molar-refractivity contribution is 0.253. The molecule has 1 aliphatic rings. The number of nitrogens with two attached hydrogens (primary N) is 1. The summed E-state index contributed by atoms with van der Waals surface area (Å²) >= 11 is 5.91. The monoisotopic (exact) mass is 266 g/mol. The molecule has 0 amide bonds. The van der Waals surface area contributed by atoms with Gasteiger partial charge in [0.25, 0.3) is 0 Å². The van der Waals surface area contributed by atoms with Crippen LogP contribution in [0, 0.1) is 5.92 Å². The zero-order valence-corrected chi connectivity index (χ0v) is 11.8. The number of benzene rings is 1. The van der Waals surface area contributed by atoms with Gasteiger partial charge in [0, 0.05) is 22.8 Å². The maximum atomic E-state index is 6.01. The summed E-state index contributed by atoms with van der Waals surface area (Å²) in [5.74, 6) is 0.886. The molecule has 3 N–H and O–H groups in total. The van der Waals surface area contributed by atoms with E-state index < -0.39 is 0 Å². The van der Waals surface area contributed by atoms with E-state index in [0.717, 1.165) is 16.6 Å². The van der Waals surface area contributed by atoms with E-state index in [1.54, 1.807) is 0 Å².